The first-order valence-corrected chi connectivity index (χ1v) is 11.9. The monoisotopic (exact) mass is 430 g/mol. The summed E-state index contributed by atoms with van der Waals surface area (Å²) in [5.74, 6) is 0.418. The number of ether oxygens (including phenoxy) is 1. The second kappa shape index (κ2) is 9.98. The van der Waals surface area contributed by atoms with Crippen LogP contribution in [0, 0.1) is 0 Å². The number of rotatable bonds is 8. The summed E-state index contributed by atoms with van der Waals surface area (Å²) in [7, 11) is -1.84. The number of para-hydroxylation sites is 1. The van der Waals surface area contributed by atoms with Crippen LogP contribution in [0.4, 0.5) is 5.69 Å². The molecule has 1 saturated carbocycles. The first kappa shape index (κ1) is 22.2. The van der Waals surface area contributed by atoms with Crippen molar-refractivity contribution in [2.45, 2.75) is 50.0 Å². The molecule has 2 aromatic carbocycles. The number of benzene rings is 2. The van der Waals surface area contributed by atoms with Gasteiger partial charge in [0.2, 0.25) is 0 Å². The minimum absolute atomic E-state index is 0.0514. The molecule has 7 heteroatoms. The van der Waals surface area contributed by atoms with Gasteiger partial charge in [-0.1, -0.05) is 37.5 Å². The fraction of sp³-hybridized carbons (Fsp3) is 0.435. The fourth-order valence-corrected chi connectivity index (χ4v) is 5.31. The number of hydrogen-bond donors (Lipinski definition) is 0. The van der Waals surface area contributed by atoms with Crippen LogP contribution in [0.3, 0.4) is 0 Å². The first-order chi connectivity index (χ1) is 14.4. The van der Waals surface area contributed by atoms with Crippen LogP contribution in [0.25, 0.3) is 0 Å². The van der Waals surface area contributed by atoms with Crippen molar-refractivity contribution in [2.24, 2.45) is 0 Å². The van der Waals surface area contributed by atoms with Crippen LogP contribution in [-0.2, 0) is 14.8 Å². The van der Waals surface area contributed by atoms with Crippen LogP contribution in [-0.4, -0.2) is 45.5 Å². The second-order valence-electron chi connectivity index (χ2n) is 7.56. The molecule has 162 valence electrons. The Kier molecular flexibility index (Phi) is 7.37. The lowest BCUT2D eigenvalue weighted by Gasteiger charge is -2.31. The molecule has 1 fully saturated rings. The maximum atomic E-state index is 13.0. The van der Waals surface area contributed by atoms with Gasteiger partial charge in [0.1, 0.15) is 5.75 Å². The molecule has 0 aliphatic heterocycles. The summed E-state index contributed by atoms with van der Waals surface area (Å²) in [4.78, 5) is 14.4. The Hall–Kier alpha value is -2.54. The van der Waals surface area contributed by atoms with Crippen molar-refractivity contribution in [3.05, 3.63) is 54.6 Å². The highest BCUT2D eigenvalue weighted by molar-refractivity contribution is 7.92. The van der Waals surface area contributed by atoms with Gasteiger partial charge in [0.05, 0.1) is 10.6 Å². The van der Waals surface area contributed by atoms with E-state index in [4.69, 9.17) is 4.74 Å². The molecule has 0 heterocycles. The normalized spacial score (nSPS) is 14.9. The predicted octanol–water partition coefficient (Wildman–Crippen LogP) is 4.07. The van der Waals surface area contributed by atoms with Crippen molar-refractivity contribution >= 4 is 21.6 Å². The Morgan fingerprint density at radius 1 is 1.00 bits per heavy atom. The number of anilines is 1. The zero-order valence-corrected chi connectivity index (χ0v) is 18.5. The zero-order chi connectivity index (χ0) is 21.6. The van der Waals surface area contributed by atoms with Gasteiger partial charge in [-0.3, -0.25) is 9.10 Å². The van der Waals surface area contributed by atoms with E-state index in [9.17, 15) is 13.2 Å². The highest BCUT2D eigenvalue weighted by Gasteiger charge is 2.24. The molecule has 1 amide bonds. The molecule has 2 aromatic rings. The summed E-state index contributed by atoms with van der Waals surface area (Å²) >= 11 is 0. The maximum Gasteiger partial charge on any atom is 0.264 e. The molecule has 0 aromatic heterocycles. The van der Waals surface area contributed by atoms with Crippen molar-refractivity contribution in [3.8, 4) is 5.75 Å². The number of sulfonamides is 1. The molecule has 1 aliphatic rings. The van der Waals surface area contributed by atoms with E-state index in [0.29, 0.717) is 24.0 Å². The minimum atomic E-state index is -3.68. The number of carbonyl (C=O) groups excluding carboxylic acids is 1. The largest absolute Gasteiger partial charge is 0.484 e. The van der Waals surface area contributed by atoms with Crippen LogP contribution in [0.1, 0.15) is 39.0 Å². The molecule has 0 saturated heterocycles. The van der Waals surface area contributed by atoms with E-state index >= 15 is 0 Å². The number of amides is 1. The summed E-state index contributed by atoms with van der Waals surface area (Å²) in [5, 5.41) is 0. The third-order valence-electron chi connectivity index (χ3n) is 5.62. The lowest BCUT2D eigenvalue weighted by atomic mass is 9.94. The Morgan fingerprint density at radius 2 is 1.63 bits per heavy atom. The Morgan fingerprint density at radius 3 is 2.23 bits per heavy atom. The lowest BCUT2D eigenvalue weighted by Crippen LogP contribution is -2.40. The number of likely N-dealkylation sites (N-methyl/N-ethyl adjacent to an activating group) is 1. The van der Waals surface area contributed by atoms with Crippen molar-refractivity contribution in [1.29, 1.82) is 0 Å². The smallest absolute Gasteiger partial charge is 0.264 e. The van der Waals surface area contributed by atoms with Crippen LogP contribution < -0.4 is 9.04 Å². The Bertz CT molecular complexity index is 923. The van der Waals surface area contributed by atoms with Gasteiger partial charge in [-0.25, -0.2) is 8.42 Å². The molecule has 30 heavy (non-hydrogen) atoms. The van der Waals surface area contributed by atoms with Gasteiger partial charge in [0, 0.05) is 19.6 Å². The number of hydrogen-bond acceptors (Lipinski definition) is 4. The van der Waals surface area contributed by atoms with Crippen LogP contribution in [0.2, 0.25) is 0 Å². The summed E-state index contributed by atoms with van der Waals surface area (Å²) in [6, 6.07) is 15.5. The van der Waals surface area contributed by atoms with Crippen molar-refractivity contribution in [2.75, 3.05) is 24.5 Å². The number of nitrogens with zero attached hydrogens (tertiary/aromatic N) is 2. The Balaban J connectivity index is 1.63. The summed E-state index contributed by atoms with van der Waals surface area (Å²) in [6.45, 7) is 2.08. The van der Waals surface area contributed by atoms with Gasteiger partial charge in [-0.2, -0.15) is 0 Å². The average molecular weight is 431 g/mol. The van der Waals surface area contributed by atoms with Gasteiger partial charge in [-0.05, 0) is 56.2 Å². The van der Waals surface area contributed by atoms with E-state index in [1.807, 2.05) is 25.2 Å². The fourth-order valence-electron chi connectivity index (χ4n) is 3.84. The molecule has 0 spiro atoms. The van der Waals surface area contributed by atoms with Gasteiger partial charge in [0.15, 0.2) is 6.61 Å². The molecule has 1 aliphatic carbocycles. The summed E-state index contributed by atoms with van der Waals surface area (Å²) in [6.07, 6.45) is 5.66. The predicted molar refractivity (Wildman–Crippen MR) is 118 cm³/mol. The molecule has 0 radical (unpaired) electrons. The second-order valence-corrected chi connectivity index (χ2v) is 9.42. The topological polar surface area (TPSA) is 66.9 Å². The van der Waals surface area contributed by atoms with E-state index in [1.54, 1.807) is 36.1 Å². The molecule has 6 nitrogen and oxygen atoms in total. The van der Waals surface area contributed by atoms with Crippen LogP contribution >= 0.6 is 0 Å². The standard InChI is InChI=1S/C23H30N2O4S/c1-3-25(20-12-8-5-9-13-20)30(27,28)22-16-14-21(15-17-22)29-18-23(26)24(2)19-10-6-4-7-11-19/h5,8-9,12-17,19H,3-4,6-7,10-11,18H2,1-2H3. The molecular weight excluding hydrogens is 400 g/mol. The van der Waals surface area contributed by atoms with Gasteiger partial charge in [0.25, 0.3) is 15.9 Å². The molecule has 0 bridgehead atoms. The third-order valence-corrected chi connectivity index (χ3v) is 7.54. The first-order valence-electron chi connectivity index (χ1n) is 10.5. The van der Waals surface area contributed by atoms with Crippen LogP contribution in [0.5, 0.6) is 5.75 Å². The van der Waals surface area contributed by atoms with E-state index in [0.717, 1.165) is 25.7 Å². The van der Waals surface area contributed by atoms with E-state index in [1.165, 1.54) is 22.9 Å². The summed E-state index contributed by atoms with van der Waals surface area (Å²) in [5.41, 5.74) is 0.622. The minimum Gasteiger partial charge on any atom is -0.484 e. The molecule has 0 atom stereocenters. The highest BCUT2D eigenvalue weighted by atomic mass is 32.2. The van der Waals surface area contributed by atoms with E-state index in [2.05, 4.69) is 0 Å². The lowest BCUT2D eigenvalue weighted by molar-refractivity contribution is -0.134. The highest BCUT2D eigenvalue weighted by Crippen LogP contribution is 2.25. The Labute approximate surface area is 179 Å². The maximum absolute atomic E-state index is 13.0. The number of carbonyl (C=O) groups is 1. The third kappa shape index (κ3) is 5.14. The quantitative estimate of drug-likeness (QED) is 0.633. The summed E-state index contributed by atoms with van der Waals surface area (Å²) < 4.78 is 33.0. The van der Waals surface area contributed by atoms with Gasteiger partial charge >= 0.3 is 0 Å². The van der Waals surface area contributed by atoms with E-state index in [-0.39, 0.29) is 17.4 Å². The molecule has 3 rings (SSSR count). The van der Waals surface area contributed by atoms with Crippen molar-refractivity contribution < 1.29 is 17.9 Å². The van der Waals surface area contributed by atoms with E-state index < -0.39 is 10.0 Å². The SMILES string of the molecule is CCN(c1ccccc1)S(=O)(=O)c1ccc(OCC(=O)N(C)C2CCCCC2)cc1. The molecule has 0 unspecified atom stereocenters. The molecular formula is C23H30N2O4S. The van der Waals surface area contributed by atoms with Crippen LogP contribution in [0.15, 0.2) is 59.5 Å². The zero-order valence-electron chi connectivity index (χ0n) is 17.7. The van der Waals surface area contributed by atoms with Crippen molar-refractivity contribution in [3.63, 3.8) is 0 Å². The van der Waals surface area contributed by atoms with Gasteiger partial charge < -0.3 is 9.64 Å². The van der Waals surface area contributed by atoms with Gasteiger partial charge in [-0.15, -0.1) is 0 Å². The average Bonchev–Trinajstić information content (AvgIpc) is 2.79. The molecule has 0 N–H and O–H groups in total. The van der Waals surface area contributed by atoms with Crippen molar-refractivity contribution in [1.82, 2.24) is 4.90 Å².